The zero-order valence-electron chi connectivity index (χ0n) is 15.2. The van der Waals surface area contributed by atoms with Crippen LogP contribution in [0.2, 0.25) is 0 Å². The number of aromatic nitrogens is 2. The van der Waals surface area contributed by atoms with Crippen LogP contribution in [0.1, 0.15) is 41.9 Å². The molecular weight excluding hydrogens is 336 g/mol. The van der Waals surface area contributed by atoms with E-state index in [1.54, 1.807) is 10.9 Å². The highest BCUT2D eigenvalue weighted by atomic mass is 32.1. The van der Waals surface area contributed by atoms with Crippen molar-refractivity contribution in [2.24, 2.45) is 0 Å². The Balaban J connectivity index is 1.90. The second-order valence-corrected chi connectivity index (χ2v) is 7.56. The van der Waals surface area contributed by atoms with Gasteiger partial charge in [-0.3, -0.25) is 14.2 Å². The first-order valence-corrected chi connectivity index (χ1v) is 9.88. The van der Waals surface area contributed by atoms with Gasteiger partial charge in [-0.15, -0.1) is 11.3 Å². The van der Waals surface area contributed by atoms with Crippen molar-refractivity contribution >= 4 is 27.5 Å². The molecule has 3 heterocycles. The fraction of sp³-hybridized carbons (Fsp3) is 0.611. The first-order valence-electron chi connectivity index (χ1n) is 9.07. The fourth-order valence-electron chi connectivity index (χ4n) is 3.26. The molecule has 0 aliphatic carbocycles. The van der Waals surface area contributed by atoms with E-state index in [1.165, 1.54) is 11.3 Å². The van der Waals surface area contributed by atoms with E-state index in [2.05, 4.69) is 23.7 Å². The predicted molar refractivity (Wildman–Crippen MR) is 102 cm³/mol. The highest BCUT2D eigenvalue weighted by molar-refractivity contribution is 7.20. The van der Waals surface area contributed by atoms with Gasteiger partial charge in [0.25, 0.3) is 11.5 Å². The number of hydrogen-bond donors (Lipinski definition) is 0. The fourth-order valence-corrected chi connectivity index (χ4v) is 4.37. The summed E-state index contributed by atoms with van der Waals surface area (Å²) in [4.78, 5) is 35.7. The maximum absolute atomic E-state index is 12.9. The molecule has 2 aromatic heterocycles. The van der Waals surface area contributed by atoms with Crippen LogP contribution in [-0.4, -0.2) is 58.0 Å². The summed E-state index contributed by atoms with van der Waals surface area (Å²) in [5, 5.41) is 0.610. The van der Waals surface area contributed by atoms with Crippen LogP contribution in [0.3, 0.4) is 0 Å². The van der Waals surface area contributed by atoms with Gasteiger partial charge in [-0.1, -0.05) is 20.3 Å². The van der Waals surface area contributed by atoms with Crippen LogP contribution in [0, 0.1) is 6.92 Å². The normalized spacial score (nSPS) is 15.9. The molecule has 1 saturated heterocycles. The highest BCUT2D eigenvalue weighted by Crippen LogP contribution is 2.28. The summed E-state index contributed by atoms with van der Waals surface area (Å²) < 4.78 is 1.67. The molecule has 7 heteroatoms. The predicted octanol–water partition coefficient (Wildman–Crippen LogP) is 2.34. The monoisotopic (exact) mass is 362 g/mol. The van der Waals surface area contributed by atoms with E-state index in [-0.39, 0.29) is 11.5 Å². The lowest BCUT2D eigenvalue weighted by Gasteiger charge is -2.33. The quantitative estimate of drug-likeness (QED) is 0.819. The Bertz CT molecular complexity index is 818. The largest absolute Gasteiger partial charge is 0.335 e. The van der Waals surface area contributed by atoms with Crippen LogP contribution in [0.25, 0.3) is 10.2 Å². The van der Waals surface area contributed by atoms with Crippen molar-refractivity contribution in [1.29, 1.82) is 0 Å². The Hall–Kier alpha value is -1.73. The van der Waals surface area contributed by atoms with Gasteiger partial charge in [0.05, 0.1) is 16.6 Å². The molecule has 136 valence electrons. The maximum atomic E-state index is 12.9. The first-order chi connectivity index (χ1) is 12.1. The molecule has 2 aromatic rings. The second kappa shape index (κ2) is 7.66. The van der Waals surface area contributed by atoms with Gasteiger partial charge in [0.1, 0.15) is 4.83 Å². The molecule has 0 unspecified atom stereocenters. The third-order valence-corrected chi connectivity index (χ3v) is 6.16. The summed E-state index contributed by atoms with van der Waals surface area (Å²) in [5.41, 5.74) is 0.758. The van der Waals surface area contributed by atoms with Crippen LogP contribution in [0.15, 0.2) is 11.1 Å². The van der Waals surface area contributed by atoms with Crippen molar-refractivity contribution in [2.75, 3.05) is 32.7 Å². The van der Waals surface area contributed by atoms with Gasteiger partial charge in [-0.2, -0.15) is 0 Å². The molecule has 0 atom stereocenters. The molecular formula is C18H26N4O2S. The average Bonchev–Trinajstić information content (AvgIpc) is 2.98. The molecule has 0 bridgehead atoms. The second-order valence-electron chi connectivity index (χ2n) is 6.56. The maximum Gasteiger partial charge on any atom is 0.264 e. The van der Waals surface area contributed by atoms with E-state index in [4.69, 9.17) is 0 Å². The number of piperazine rings is 1. The van der Waals surface area contributed by atoms with Crippen molar-refractivity contribution in [1.82, 2.24) is 19.4 Å². The molecule has 1 aliphatic heterocycles. The number of rotatable bonds is 5. The lowest BCUT2D eigenvalue weighted by atomic mass is 10.2. The minimum Gasteiger partial charge on any atom is -0.335 e. The van der Waals surface area contributed by atoms with Gasteiger partial charge in [0, 0.05) is 32.7 Å². The summed E-state index contributed by atoms with van der Waals surface area (Å²) in [5.74, 6) is 0.0377. The van der Waals surface area contributed by atoms with Gasteiger partial charge in [0.15, 0.2) is 0 Å². The molecule has 25 heavy (non-hydrogen) atoms. The van der Waals surface area contributed by atoms with Gasteiger partial charge in [0.2, 0.25) is 0 Å². The van der Waals surface area contributed by atoms with E-state index in [0.717, 1.165) is 51.1 Å². The first kappa shape index (κ1) is 18.1. The number of amides is 1. The molecule has 1 fully saturated rings. The number of fused-ring (bicyclic) bond motifs is 1. The molecule has 1 aliphatic rings. The number of unbranched alkanes of at least 4 members (excludes halogenated alkanes) is 1. The molecule has 0 spiro atoms. The summed E-state index contributed by atoms with van der Waals surface area (Å²) >= 11 is 1.35. The Kier molecular flexibility index (Phi) is 5.54. The molecule has 0 N–H and O–H groups in total. The number of thiophene rings is 1. The van der Waals surface area contributed by atoms with E-state index in [0.29, 0.717) is 21.6 Å². The standard InChI is InChI=1S/C18H26N4O2S/c1-4-6-7-22-12-19-16-14(17(22)23)13(3)15(25-16)18(24)21-10-8-20(5-2)9-11-21/h12H,4-11H2,1-3H3. The zero-order chi connectivity index (χ0) is 18.0. The van der Waals surface area contributed by atoms with Gasteiger partial charge in [-0.25, -0.2) is 4.98 Å². The molecule has 6 nitrogen and oxygen atoms in total. The Morgan fingerprint density at radius 3 is 2.60 bits per heavy atom. The van der Waals surface area contributed by atoms with Crippen molar-refractivity contribution in [3.8, 4) is 0 Å². The number of nitrogens with zero attached hydrogens (tertiary/aromatic N) is 4. The van der Waals surface area contributed by atoms with Crippen molar-refractivity contribution < 1.29 is 4.79 Å². The molecule has 1 amide bonds. The van der Waals surface area contributed by atoms with Crippen LogP contribution >= 0.6 is 11.3 Å². The highest BCUT2D eigenvalue weighted by Gasteiger charge is 2.26. The smallest absolute Gasteiger partial charge is 0.264 e. The van der Waals surface area contributed by atoms with Crippen molar-refractivity contribution in [3.05, 3.63) is 27.1 Å². The average molecular weight is 362 g/mol. The lowest BCUT2D eigenvalue weighted by Crippen LogP contribution is -2.48. The number of hydrogen-bond acceptors (Lipinski definition) is 5. The third-order valence-electron chi connectivity index (χ3n) is 4.97. The van der Waals surface area contributed by atoms with Crippen molar-refractivity contribution in [2.45, 2.75) is 40.2 Å². The van der Waals surface area contributed by atoms with Crippen LogP contribution in [-0.2, 0) is 6.54 Å². The Labute approximate surface area is 152 Å². The van der Waals surface area contributed by atoms with E-state index in [1.807, 2.05) is 11.8 Å². The van der Waals surface area contributed by atoms with Crippen LogP contribution < -0.4 is 5.56 Å². The van der Waals surface area contributed by atoms with Crippen molar-refractivity contribution in [3.63, 3.8) is 0 Å². The zero-order valence-corrected chi connectivity index (χ0v) is 16.1. The van der Waals surface area contributed by atoms with Crippen LogP contribution in [0.5, 0.6) is 0 Å². The topological polar surface area (TPSA) is 58.4 Å². The van der Waals surface area contributed by atoms with E-state index in [9.17, 15) is 9.59 Å². The minimum atomic E-state index is -0.0259. The summed E-state index contributed by atoms with van der Waals surface area (Å²) in [6, 6.07) is 0. The molecule has 0 aromatic carbocycles. The van der Waals surface area contributed by atoms with Gasteiger partial charge in [-0.05, 0) is 25.5 Å². The Morgan fingerprint density at radius 1 is 1.24 bits per heavy atom. The number of likely N-dealkylation sites (N-methyl/N-ethyl adjacent to an activating group) is 1. The summed E-state index contributed by atoms with van der Waals surface area (Å²) in [6.45, 7) is 11.1. The molecule has 0 saturated carbocycles. The van der Waals surface area contributed by atoms with Crippen LogP contribution in [0.4, 0.5) is 0 Å². The number of carbonyl (C=O) groups is 1. The summed E-state index contributed by atoms with van der Waals surface area (Å²) in [7, 11) is 0. The number of carbonyl (C=O) groups excluding carboxylic acids is 1. The third kappa shape index (κ3) is 3.48. The lowest BCUT2D eigenvalue weighted by molar-refractivity contribution is 0.0647. The van der Waals surface area contributed by atoms with Gasteiger partial charge < -0.3 is 9.80 Å². The molecule has 3 rings (SSSR count). The van der Waals surface area contributed by atoms with E-state index >= 15 is 0 Å². The van der Waals surface area contributed by atoms with E-state index < -0.39 is 0 Å². The van der Waals surface area contributed by atoms with Gasteiger partial charge >= 0.3 is 0 Å². The molecule has 0 radical (unpaired) electrons. The number of aryl methyl sites for hydroxylation is 2. The Morgan fingerprint density at radius 2 is 1.96 bits per heavy atom. The summed E-state index contributed by atoms with van der Waals surface area (Å²) in [6.07, 6.45) is 3.59. The minimum absolute atomic E-state index is 0.0259. The SMILES string of the molecule is CCCCn1cnc2sc(C(=O)N3CCN(CC)CC3)c(C)c2c1=O.